The van der Waals surface area contributed by atoms with Gasteiger partial charge in [-0.3, -0.25) is 9.59 Å². The molecule has 0 aliphatic carbocycles. The van der Waals surface area contributed by atoms with E-state index in [1.165, 1.54) is 0 Å². The molecule has 0 spiro atoms. The van der Waals surface area contributed by atoms with Crippen LogP contribution in [0.15, 0.2) is 48.5 Å². The molecule has 6 heteroatoms. The third kappa shape index (κ3) is 3.99. The molecule has 5 nitrogen and oxygen atoms in total. The summed E-state index contributed by atoms with van der Waals surface area (Å²) in [5.41, 5.74) is 1.96. The van der Waals surface area contributed by atoms with Gasteiger partial charge in [0.1, 0.15) is 11.8 Å². The molecule has 1 fully saturated rings. The second kappa shape index (κ2) is 7.79. The molecule has 136 valence electrons. The van der Waals surface area contributed by atoms with Crippen molar-refractivity contribution in [3.8, 4) is 5.75 Å². The topological polar surface area (TPSA) is 49.9 Å². The summed E-state index contributed by atoms with van der Waals surface area (Å²) in [6.45, 7) is 4.59. The molecule has 0 N–H and O–H groups in total. The van der Waals surface area contributed by atoms with E-state index in [0.29, 0.717) is 23.9 Å². The number of aryl methyl sites for hydroxylation is 1. The second-order valence-electron chi connectivity index (χ2n) is 6.33. The van der Waals surface area contributed by atoms with E-state index in [9.17, 15) is 9.59 Å². The fraction of sp³-hybridized carbons (Fsp3) is 0.300. The van der Waals surface area contributed by atoms with Gasteiger partial charge < -0.3 is 14.5 Å². The van der Waals surface area contributed by atoms with E-state index in [1.807, 2.05) is 31.2 Å². The predicted octanol–water partition coefficient (Wildman–Crippen LogP) is 3.29. The summed E-state index contributed by atoms with van der Waals surface area (Å²) in [6, 6.07) is 14.1. The SMILES string of the molecule is Cc1cccc(N2CCN(C(=O)COc3ccc(Cl)cc3)[C@H](C)C2=O)c1. The van der Waals surface area contributed by atoms with E-state index >= 15 is 0 Å². The van der Waals surface area contributed by atoms with E-state index in [-0.39, 0.29) is 18.4 Å². The van der Waals surface area contributed by atoms with Crippen LogP contribution in [0.1, 0.15) is 12.5 Å². The Morgan fingerprint density at radius 3 is 2.62 bits per heavy atom. The zero-order valence-corrected chi connectivity index (χ0v) is 15.6. The van der Waals surface area contributed by atoms with E-state index in [4.69, 9.17) is 16.3 Å². The Balaban J connectivity index is 1.62. The highest BCUT2D eigenvalue weighted by molar-refractivity contribution is 6.30. The van der Waals surface area contributed by atoms with Crippen molar-refractivity contribution < 1.29 is 14.3 Å². The van der Waals surface area contributed by atoms with Gasteiger partial charge in [0.2, 0.25) is 5.91 Å². The van der Waals surface area contributed by atoms with Crippen LogP contribution < -0.4 is 9.64 Å². The molecule has 1 atom stereocenters. The lowest BCUT2D eigenvalue weighted by Gasteiger charge is -2.39. The van der Waals surface area contributed by atoms with E-state index < -0.39 is 6.04 Å². The first-order chi connectivity index (χ1) is 12.5. The lowest BCUT2D eigenvalue weighted by Crippen LogP contribution is -2.58. The minimum absolute atomic E-state index is 0.0818. The third-order valence-electron chi connectivity index (χ3n) is 4.47. The number of hydrogen-bond donors (Lipinski definition) is 0. The molecule has 0 aromatic heterocycles. The zero-order valence-electron chi connectivity index (χ0n) is 14.8. The van der Waals surface area contributed by atoms with Crippen LogP contribution in [0.3, 0.4) is 0 Å². The quantitative estimate of drug-likeness (QED) is 0.827. The molecule has 1 aliphatic heterocycles. The van der Waals surface area contributed by atoms with Gasteiger partial charge in [0.25, 0.3) is 5.91 Å². The molecule has 1 aliphatic rings. The number of anilines is 1. The monoisotopic (exact) mass is 372 g/mol. The zero-order chi connectivity index (χ0) is 18.7. The molecule has 1 heterocycles. The van der Waals surface area contributed by atoms with Gasteiger partial charge in [0.15, 0.2) is 6.61 Å². The number of piperazine rings is 1. The van der Waals surface area contributed by atoms with Gasteiger partial charge >= 0.3 is 0 Å². The maximum absolute atomic E-state index is 12.7. The minimum atomic E-state index is -0.523. The van der Waals surface area contributed by atoms with Gasteiger partial charge in [-0.25, -0.2) is 0 Å². The Morgan fingerprint density at radius 1 is 1.19 bits per heavy atom. The maximum Gasteiger partial charge on any atom is 0.261 e. The summed E-state index contributed by atoms with van der Waals surface area (Å²) in [7, 11) is 0. The largest absolute Gasteiger partial charge is 0.484 e. The highest BCUT2D eigenvalue weighted by Crippen LogP contribution is 2.22. The Bertz CT molecular complexity index is 807. The standard InChI is InChI=1S/C20H21ClN2O3/c1-14-4-3-5-17(12-14)23-11-10-22(15(2)20(23)25)19(24)13-26-18-8-6-16(21)7-9-18/h3-9,12,15H,10-11,13H2,1-2H3/t15-/m1/s1. The van der Waals surface area contributed by atoms with Crippen molar-refractivity contribution in [2.24, 2.45) is 0 Å². The van der Waals surface area contributed by atoms with E-state index in [0.717, 1.165) is 11.3 Å². The van der Waals surface area contributed by atoms with Crippen molar-refractivity contribution in [3.63, 3.8) is 0 Å². The normalized spacial score (nSPS) is 17.3. The number of ether oxygens (including phenoxy) is 1. The number of benzene rings is 2. The van der Waals surface area contributed by atoms with Crippen LogP contribution >= 0.6 is 11.6 Å². The highest BCUT2D eigenvalue weighted by Gasteiger charge is 2.35. The van der Waals surface area contributed by atoms with Crippen LogP contribution in [0, 0.1) is 6.92 Å². The van der Waals surface area contributed by atoms with Crippen LogP contribution in [0.25, 0.3) is 0 Å². The Hall–Kier alpha value is -2.53. The predicted molar refractivity (Wildman–Crippen MR) is 102 cm³/mol. The smallest absolute Gasteiger partial charge is 0.261 e. The van der Waals surface area contributed by atoms with Gasteiger partial charge in [-0.1, -0.05) is 23.7 Å². The average molecular weight is 373 g/mol. The molecule has 0 unspecified atom stereocenters. The van der Waals surface area contributed by atoms with E-state index in [1.54, 1.807) is 41.0 Å². The van der Waals surface area contributed by atoms with Crippen LogP contribution in [-0.4, -0.2) is 42.5 Å². The van der Waals surface area contributed by atoms with Gasteiger partial charge in [-0.2, -0.15) is 0 Å². The van der Waals surface area contributed by atoms with Crippen LogP contribution in [0.5, 0.6) is 5.75 Å². The molecule has 0 bridgehead atoms. The highest BCUT2D eigenvalue weighted by atomic mass is 35.5. The Kier molecular flexibility index (Phi) is 5.47. The lowest BCUT2D eigenvalue weighted by molar-refractivity contribution is -0.142. The van der Waals surface area contributed by atoms with Crippen molar-refractivity contribution in [1.82, 2.24) is 4.90 Å². The van der Waals surface area contributed by atoms with Crippen molar-refractivity contribution in [2.75, 3.05) is 24.6 Å². The van der Waals surface area contributed by atoms with Crippen molar-refractivity contribution in [3.05, 3.63) is 59.1 Å². The molecule has 2 aromatic rings. The van der Waals surface area contributed by atoms with Gasteiger partial charge in [-0.05, 0) is 55.8 Å². The van der Waals surface area contributed by atoms with E-state index in [2.05, 4.69) is 0 Å². The molecular weight excluding hydrogens is 352 g/mol. The molecular formula is C20H21ClN2O3. The molecule has 0 radical (unpaired) electrons. The molecule has 1 saturated heterocycles. The Morgan fingerprint density at radius 2 is 1.92 bits per heavy atom. The summed E-state index contributed by atoms with van der Waals surface area (Å²) in [5, 5.41) is 0.607. The number of nitrogens with zero attached hydrogens (tertiary/aromatic N) is 2. The summed E-state index contributed by atoms with van der Waals surface area (Å²) in [5.74, 6) is 0.284. The van der Waals surface area contributed by atoms with Gasteiger partial charge in [-0.15, -0.1) is 0 Å². The third-order valence-corrected chi connectivity index (χ3v) is 4.72. The van der Waals surface area contributed by atoms with Crippen molar-refractivity contribution >= 4 is 29.1 Å². The summed E-state index contributed by atoms with van der Waals surface area (Å²) >= 11 is 5.83. The number of carbonyl (C=O) groups is 2. The van der Waals surface area contributed by atoms with Gasteiger partial charge in [0, 0.05) is 23.8 Å². The fourth-order valence-corrected chi connectivity index (χ4v) is 3.15. The van der Waals surface area contributed by atoms with Gasteiger partial charge in [0.05, 0.1) is 0 Å². The first kappa shape index (κ1) is 18.3. The molecule has 26 heavy (non-hydrogen) atoms. The molecule has 2 aromatic carbocycles. The average Bonchev–Trinajstić information content (AvgIpc) is 2.63. The number of halogens is 1. The number of hydrogen-bond acceptors (Lipinski definition) is 3. The van der Waals surface area contributed by atoms with Crippen molar-refractivity contribution in [2.45, 2.75) is 19.9 Å². The lowest BCUT2D eigenvalue weighted by atomic mass is 10.1. The number of rotatable bonds is 4. The number of amides is 2. The second-order valence-corrected chi connectivity index (χ2v) is 6.77. The summed E-state index contributed by atoms with van der Waals surface area (Å²) in [6.07, 6.45) is 0. The van der Waals surface area contributed by atoms with Crippen LogP contribution in [0.4, 0.5) is 5.69 Å². The van der Waals surface area contributed by atoms with Crippen LogP contribution in [0.2, 0.25) is 5.02 Å². The summed E-state index contributed by atoms with van der Waals surface area (Å²) < 4.78 is 5.51. The Labute approximate surface area is 158 Å². The first-order valence-electron chi connectivity index (χ1n) is 8.51. The molecule has 3 rings (SSSR count). The molecule has 2 amide bonds. The number of carbonyl (C=O) groups excluding carboxylic acids is 2. The van der Waals surface area contributed by atoms with Crippen molar-refractivity contribution in [1.29, 1.82) is 0 Å². The summed E-state index contributed by atoms with van der Waals surface area (Å²) in [4.78, 5) is 28.5. The minimum Gasteiger partial charge on any atom is -0.484 e. The fourth-order valence-electron chi connectivity index (χ4n) is 3.02. The first-order valence-corrected chi connectivity index (χ1v) is 8.89. The maximum atomic E-state index is 12.7. The van der Waals surface area contributed by atoms with Crippen LogP contribution in [-0.2, 0) is 9.59 Å². The molecule has 0 saturated carbocycles.